The summed E-state index contributed by atoms with van der Waals surface area (Å²) in [4.78, 5) is 24.4. The molecule has 0 aromatic heterocycles. The van der Waals surface area contributed by atoms with Crippen molar-refractivity contribution in [2.45, 2.75) is 56.4 Å². The van der Waals surface area contributed by atoms with Gasteiger partial charge in [0.1, 0.15) is 0 Å². The summed E-state index contributed by atoms with van der Waals surface area (Å²) in [5.41, 5.74) is 2.13. The first-order valence-electron chi connectivity index (χ1n) is 10.7. The number of halogens is 1. The molecule has 0 radical (unpaired) electrons. The Morgan fingerprint density at radius 2 is 1.69 bits per heavy atom. The Labute approximate surface area is 194 Å². The van der Waals surface area contributed by atoms with Crippen LogP contribution in [0.15, 0.2) is 47.4 Å². The third kappa shape index (κ3) is 6.79. The summed E-state index contributed by atoms with van der Waals surface area (Å²) in [6.07, 6.45) is 5.48. The molecule has 2 aromatic carbocycles. The van der Waals surface area contributed by atoms with E-state index in [1.807, 2.05) is 0 Å². The molecule has 7 nitrogen and oxygen atoms in total. The Kier molecular flexibility index (Phi) is 8.28. The van der Waals surface area contributed by atoms with E-state index in [1.165, 1.54) is 0 Å². The van der Waals surface area contributed by atoms with Crippen LogP contribution in [0.3, 0.4) is 0 Å². The number of sulfonamides is 1. The molecule has 1 aliphatic carbocycles. The Balaban J connectivity index is 1.47. The van der Waals surface area contributed by atoms with Crippen molar-refractivity contribution < 1.29 is 18.0 Å². The van der Waals surface area contributed by atoms with Crippen molar-refractivity contribution in [3.05, 3.63) is 58.6 Å². The predicted molar refractivity (Wildman–Crippen MR) is 125 cm³/mol. The number of benzene rings is 2. The van der Waals surface area contributed by atoms with Crippen LogP contribution in [0.2, 0.25) is 5.02 Å². The molecule has 2 aromatic rings. The lowest BCUT2D eigenvalue weighted by Crippen LogP contribution is -2.36. The smallest absolute Gasteiger partial charge is 0.313 e. The van der Waals surface area contributed by atoms with Gasteiger partial charge in [0.2, 0.25) is 10.0 Å². The normalized spacial score (nSPS) is 14.7. The molecule has 9 heteroatoms. The van der Waals surface area contributed by atoms with E-state index in [2.05, 4.69) is 15.4 Å². The molecule has 1 fully saturated rings. The lowest BCUT2D eigenvalue weighted by atomic mass is 9.96. The maximum absolute atomic E-state index is 12.6. The third-order valence-corrected chi connectivity index (χ3v) is 7.27. The van der Waals surface area contributed by atoms with Crippen molar-refractivity contribution in [3.8, 4) is 0 Å². The van der Waals surface area contributed by atoms with Gasteiger partial charge < -0.3 is 10.6 Å². The number of anilines is 1. The molecule has 0 atom stereocenters. The van der Waals surface area contributed by atoms with Crippen molar-refractivity contribution in [3.63, 3.8) is 0 Å². The molecular weight excluding hydrogens is 450 g/mol. The van der Waals surface area contributed by atoms with Gasteiger partial charge in [0.25, 0.3) is 0 Å². The highest BCUT2D eigenvalue weighted by atomic mass is 35.5. The van der Waals surface area contributed by atoms with E-state index in [9.17, 15) is 18.0 Å². The van der Waals surface area contributed by atoms with Crippen LogP contribution in [0.5, 0.6) is 0 Å². The van der Waals surface area contributed by atoms with Crippen LogP contribution in [0.4, 0.5) is 5.69 Å². The molecule has 2 amide bonds. The standard InChI is InChI=1S/C23H28ClN3O4S/c1-16-15-18(24)9-12-21(16)26-23(29)22(28)25-14-13-17-7-10-20(11-8-17)32(30,31)27-19-5-3-2-4-6-19/h7-12,15,19,27H,2-6,13-14H2,1H3,(H,25,28)(H,26,29). The van der Waals surface area contributed by atoms with Gasteiger partial charge in [-0.05, 0) is 67.6 Å². The number of carbonyl (C=O) groups excluding carboxylic acids is 2. The van der Waals surface area contributed by atoms with Crippen molar-refractivity contribution in [2.24, 2.45) is 0 Å². The summed E-state index contributed by atoms with van der Waals surface area (Å²) < 4.78 is 27.9. The van der Waals surface area contributed by atoms with Crippen LogP contribution in [0.1, 0.15) is 43.2 Å². The van der Waals surface area contributed by atoms with E-state index in [0.717, 1.165) is 43.2 Å². The number of carbonyl (C=O) groups is 2. The minimum Gasteiger partial charge on any atom is -0.347 e. The Morgan fingerprint density at radius 3 is 2.34 bits per heavy atom. The molecule has 172 valence electrons. The van der Waals surface area contributed by atoms with Gasteiger partial charge in [0, 0.05) is 23.3 Å². The Bertz CT molecular complexity index is 1070. The maximum Gasteiger partial charge on any atom is 0.313 e. The van der Waals surface area contributed by atoms with Gasteiger partial charge >= 0.3 is 11.8 Å². The molecule has 0 bridgehead atoms. The first-order chi connectivity index (χ1) is 15.2. The molecule has 0 aliphatic heterocycles. The minimum absolute atomic E-state index is 0.00597. The van der Waals surface area contributed by atoms with Gasteiger partial charge in [-0.3, -0.25) is 9.59 Å². The number of aryl methyl sites for hydroxylation is 1. The van der Waals surface area contributed by atoms with Crippen LogP contribution in [0, 0.1) is 6.92 Å². The van der Waals surface area contributed by atoms with E-state index in [0.29, 0.717) is 17.1 Å². The van der Waals surface area contributed by atoms with Crippen molar-refractivity contribution in [1.29, 1.82) is 0 Å². The van der Waals surface area contributed by atoms with E-state index in [-0.39, 0.29) is 17.5 Å². The summed E-state index contributed by atoms with van der Waals surface area (Å²) in [5.74, 6) is -1.50. The van der Waals surface area contributed by atoms with Gasteiger partial charge in [-0.2, -0.15) is 0 Å². The molecule has 0 heterocycles. The number of amides is 2. The first kappa shape index (κ1) is 24.2. The monoisotopic (exact) mass is 477 g/mol. The molecule has 32 heavy (non-hydrogen) atoms. The molecule has 0 spiro atoms. The highest BCUT2D eigenvalue weighted by Crippen LogP contribution is 2.21. The van der Waals surface area contributed by atoms with Gasteiger partial charge in [-0.15, -0.1) is 0 Å². The summed E-state index contributed by atoms with van der Waals surface area (Å²) in [7, 11) is -3.54. The van der Waals surface area contributed by atoms with Crippen molar-refractivity contribution in [1.82, 2.24) is 10.0 Å². The summed E-state index contributed by atoms with van der Waals surface area (Å²) in [6, 6.07) is 11.6. The second-order valence-electron chi connectivity index (χ2n) is 8.02. The molecule has 1 aliphatic rings. The fraction of sp³-hybridized carbons (Fsp3) is 0.391. The quantitative estimate of drug-likeness (QED) is 0.530. The second kappa shape index (κ2) is 10.9. The van der Waals surface area contributed by atoms with E-state index in [4.69, 9.17) is 11.6 Å². The Morgan fingerprint density at radius 1 is 1.00 bits per heavy atom. The minimum atomic E-state index is -3.54. The molecule has 3 N–H and O–H groups in total. The van der Waals surface area contributed by atoms with E-state index in [1.54, 1.807) is 49.4 Å². The second-order valence-corrected chi connectivity index (χ2v) is 10.2. The van der Waals surface area contributed by atoms with Crippen LogP contribution >= 0.6 is 11.6 Å². The summed E-state index contributed by atoms with van der Waals surface area (Å²) in [6.45, 7) is 2.03. The average Bonchev–Trinajstić information content (AvgIpc) is 2.76. The lowest BCUT2D eigenvalue weighted by Gasteiger charge is -2.22. The van der Waals surface area contributed by atoms with Crippen LogP contribution in [0.25, 0.3) is 0 Å². The molecule has 0 saturated heterocycles. The number of nitrogens with one attached hydrogen (secondary N) is 3. The number of hydrogen-bond acceptors (Lipinski definition) is 4. The average molecular weight is 478 g/mol. The molecule has 1 saturated carbocycles. The van der Waals surface area contributed by atoms with Gasteiger partial charge in [-0.25, -0.2) is 13.1 Å². The van der Waals surface area contributed by atoms with Gasteiger partial charge in [-0.1, -0.05) is 43.0 Å². The predicted octanol–water partition coefficient (Wildman–Crippen LogP) is 3.56. The lowest BCUT2D eigenvalue weighted by molar-refractivity contribution is -0.136. The van der Waals surface area contributed by atoms with Crippen LogP contribution in [-0.2, 0) is 26.0 Å². The fourth-order valence-electron chi connectivity index (χ4n) is 3.69. The topological polar surface area (TPSA) is 104 Å². The zero-order chi connectivity index (χ0) is 23.1. The van der Waals surface area contributed by atoms with Gasteiger partial charge in [0.15, 0.2) is 0 Å². The van der Waals surface area contributed by atoms with Gasteiger partial charge in [0.05, 0.1) is 4.90 Å². The number of rotatable bonds is 7. The zero-order valence-electron chi connectivity index (χ0n) is 18.0. The highest BCUT2D eigenvalue weighted by Gasteiger charge is 2.21. The largest absolute Gasteiger partial charge is 0.347 e. The number of hydrogen-bond donors (Lipinski definition) is 3. The third-order valence-electron chi connectivity index (χ3n) is 5.50. The zero-order valence-corrected chi connectivity index (χ0v) is 19.6. The van der Waals surface area contributed by atoms with Crippen LogP contribution < -0.4 is 15.4 Å². The molecular formula is C23H28ClN3O4S. The highest BCUT2D eigenvalue weighted by molar-refractivity contribution is 7.89. The summed E-state index contributed by atoms with van der Waals surface area (Å²) >= 11 is 5.89. The SMILES string of the molecule is Cc1cc(Cl)ccc1NC(=O)C(=O)NCCc1ccc(S(=O)(=O)NC2CCCCC2)cc1. The van der Waals surface area contributed by atoms with Crippen molar-refractivity contribution >= 4 is 39.1 Å². The van der Waals surface area contributed by atoms with E-state index >= 15 is 0 Å². The van der Waals surface area contributed by atoms with Crippen molar-refractivity contribution in [2.75, 3.05) is 11.9 Å². The fourth-order valence-corrected chi connectivity index (χ4v) is 5.22. The summed E-state index contributed by atoms with van der Waals surface area (Å²) in [5, 5.41) is 5.68. The maximum atomic E-state index is 12.6. The van der Waals surface area contributed by atoms with Crippen LogP contribution in [-0.4, -0.2) is 32.8 Å². The Hall–Kier alpha value is -2.42. The first-order valence-corrected chi connectivity index (χ1v) is 12.6. The van der Waals surface area contributed by atoms with E-state index < -0.39 is 21.8 Å². The molecule has 3 rings (SSSR count). The molecule has 0 unspecified atom stereocenters.